The van der Waals surface area contributed by atoms with Crippen LogP contribution in [0.5, 0.6) is 0 Å². The van der Waals surface area contributed by atoms with Crippen LogP contribution in [0.15, 0.2) is 30.3 Å². The summed E-state index contributed by atoms with van der Waals surface area (Å²) < 4.78 is 0. The van der Waals surface area contributed by atoms with Crippen molar-refractivity contribution in [3.8, 4) is 0 Å². The van der Waals surface area contributed by atoms with Crippen LogP contribution in [0.25, 0.3) is 0 Å². The molecule has 1 heterocycles. The lowest BCUT2D eigenvalue weighted by molar-refractivity contribution is -0.142. The van der Waals surface area contributed by atoms with E-state index < -0.39 is 12.0 Å². The van der Waals surface area contributed by atoms with E-state index in [1.807, 2.05) is 30.3 Å². The minimum atomic E-state index is -0.998. The molecule has 1 aromatic rings. The van der Waals surface area contributed by atoms with Gasteiger partial charge in [-0.25, -0.2) is 4.79 Å². The maximum atomic E-state index is 12.0. The Kier molecular flexibility index (Phi) is 5.33. The van der Waals surface area contributed by atoms with E-state index >= 15 is 0 Å². The lowest BCUT2D eigenvalue weighted by atomic mass is 10.1. The third-order valence-electron chi connectivity index (χ3n) is 3.95. The van der Waals surface area contributed by atoms with Gasteiger partial charge < -0.3 is 10.4 Å². The minimum absolute atomic E-state index is 0.216. The molecule has 114 valence electrons. The van der Waals surface area contributed by atoms with E-state index in [4.69, 9.17) is 0 Å². The van der Waals surface area contributed by atoms with Crippen LogP contribution in [0.4, 0.5) is 0 Å². The Hall–Kier alpha value is -1.88. The number of likely N-dealkylation sites (tertiary alicyclic amines) is 1. The van der Waals surface area contributed by atoms with Crippen molar-refractivity contribution < 1.29 is 14.7 Å². The summed E-state index contributed by atoms with van der Waals surface area (Å²) in [6.07, 6.45) is 2.50. The number of carboxylic acids is 1. The Labute approximate surface area is 125 Å². The standard InChI is InChI=1S/C16H22N2O3/c1-12-6-5-9-18(12)11-15(19)17-14(16(20)21)10-13-7-3-2-4-8-13/h2-4,7-8,12,14H,5-6,9-11H2,1H3,(H,17,19)(H,20,21)/t12-,14+/m0/s1. The monoisotopic (exact) mass is 290 g/mol. The van der Waals surface area contributed by atoms with Crippen LogP contribution in [0, 0.1) is 0 Å². The number of aliphatic carboxylic acids is 1. The van der Waals surface area contributed by atoms with Gasteiger partial charge in [-0.2, -0.15) is 0 Å². The number of hydrogen-bond donors (Lipinski definition) is 2. The second kappa shape index (κ2) is 7.22. The molecule has 0 saturated carbocycles. The van der Waals surface area contributed by atoms with Gasteiger partial charge in [0.05, 0.1) is 6.54 Å². The molecule has 5 nitrogen and oxygen atoms in total. The molecular weight excluding hydrogens is 268 g/mol. The molecular formula is C16H22N2O3. The third-order valence-corrected chi connectivity index (χ3v) is 3.95. The van der Waals surface area contributed by atoms with Crippen LogP contribution >= 0.6 is 0 Å². The number of hydrogen-bond acceptors (Lipinski definition) is 3. The van der Waals surface area contributed by atoms with Crippen molar-refractivity contribution in [2.75, 3.05) is 13.1 Å². The predicted octanol–water partition coefficient (Wildman–Crippen LogP) is 1.28. The molecule has 0 aliphatic carbocycles. The zero-order valence-corrected chi connectivity index (χ0v) is 12.3. The highest BCUT2D eigenvalue weighted by Gasteiger charge is 2.25. The first-order valence-electron chi connectivity index (χ1n) is 7.36. The van der Waals surface area contributed by atoms with Crippen molar-refractivity contribution in [3.05, 3.63) is 35.9 Å². The van der Waals surface area contributed by atoms with Crippen molar-refractivity contribution in [3.63, 3.8) is 0 Å². The van der Waals surface area contributed by atoms with E-state index in [2.05, 4.69) is 17.1 Å². The van der Waals surface area contributed by atoms with Gasteiger partial charge >= 0.3 is 5.97 Å². The Bertz CT molecular complexity index is 490. The molecule has 21 heavy (non-hydrogen) atoms. The molecule has 2 N–H and O–H groups in total. The molecule has 0 aromatic heterocycles. The van der Waals surface area contributed by atoms with Crippen molar-refractivity contribution >= 4 is 11.9 Å². The Morgan fingerprint density at radius 3 is 2.67 bits per heavy atom. The number of nitrogens with one attached hydrogen (secondary N) is 1. The summed E-state index contributed by atoms with van der Waals surface area (Å²) in [7, 11) is 0. The highest BCUT2D eigenvalue weighted by atomic mass is 16.4. The molecule has 1 fully saturated rings. The van der Waals surface area contributed by atoms with Crippen molar-refractivity contribution in [1.82, 2.24) is 10.2 Å². The normalized spacial score (nSPS) is 20.1. The van der Waals surface area contributed by atoms with E-state index in [0.717, 1.165) is 24.9 Å². The highest BCUT2D eigenvalue weighted by Crippen LogP contribution is 2.15. The first-order valence-corrected chi connectivity index (χ1v) is 7.36. The molecule has 1 aliphatic rings. The largest absolute Gasteiger partial charge is 0.480 e. The summed E-state index contributed by atoms with van der Waals surface area (Å²) in [6.45, 7) is 3.28. The number of carboxylic acid groups (broad SMARTS) is 1. The Balaban J connectivity index is 1.90. The summed E-state index contributed by atoms with van der Waals surface area (Å²) in [5, 5.41) is 11.9. The van der Waals surface area contributed by atoms with Gasteiger partial charge in [-0.1, -0.05) is 30.3 Å². The fourth-order valence-electron chi connectivity index (χ4n) is 2.70. The smallest absolute Gasteiger partial charge is 0.326 e. The number of carbonyl (C=O) groups is 2. The fourth-order valence-corrected chi connectivity index (χ4v) is 2.70. The number of benzene rings is 1. The van der Waals surface area contributed by atoms with Gasteiger partial charge in [0.2, 0.25) is 5.91 Å². The zero-order chi connectivity index (χ0) is 15.2. The molecule has 0 radical (unpaired) electrons. The second-order valence-corrected chi connectivity index (χ2v) is 5.61. The van der Waals surface area contributed by atoms with Gasteiger partial charge in [0, 0.05) is 12.5 Å². The highest BCUT2D eigenvalue weighted by molar-refractivity contribution is 5.84. The molecule has 1 aliphatic heterocycles. The quantitative estimate of drug-likeness (QED) is 0.828. The van der Waals surface area contributed by atoms with Crippen LogP contribution in [0.3, 0.4) is 0 Å². The van der Waals surface area contributed by atoms with E-state index in [0.29, 0.717) is 12.5 Å². The van der Waals surface area contributed by atoms with E-state index in [9.17, 15) is 14.7 Å². The summed E-state index contributed by atoms with van der Waals surface area (Å²) in [5.74, 6) is -1.21. The third kappa shape index (κ3) is 4.56. The molecule has 2 rings (SSSR count). The summed E-state index contributed by atoms with van der Waals surface area (Å²) in [5.41, 5.74) is 0.903. The van der Waals surface area contributed by atoms with Gasteiger partial charge in [-0.15, -0.1) is 0 Å². The van der Waals surface area contributed by atoms with Crippen LogP contribution < -0.4 is 5.32 Å². The van der Waals surface area contributed by atoms with Gasteiger partial charge in [0.25, 0.3) is 0 Å². The number of carbonyl (C=O) groups excluding carboxylic acids is 1. The lowest BCUT2D eigenvalue weighted by Gasteiger charge is -2.22. The van der Waals surface area contributed by atoms with Gasteiger partial charge in [-0.05, 0) is 31.9 Å². The SMILES string of the molecule is C[C@H]1CCCN1CC(=O)N[C@H](Cc1ccccc1)C(=O)O. The first-order chi connectivity index (χ1) is 10.1. The van der Waals surface area contributed by atoms with Gasteiger partial charge in [0.15, 0.2) is 0 Å². The van der Waals surface area contributed by atoms with Crippen molar-refractivity contribution in [1.29, 1.82) is 0 Å². The molecule has 0 spiro atoms. The van der Waals surface area contributed by atoms with Crippen LogP contribution in [0.1, 0.15) is 25.3 Å². The molecule has 5 heteroatoms. The average Bonchev–Trinajstić information content (AvgIpc) is 2.84. The van der Waals surface area contributed by atoms with E-state index in [-0.39, 0.29) is 12.5 Å². The van der Waals surface area contributed by atoms with Gasteiger partial charge in [-0.3, -0.25) is 9.69 Å². The Morgan fingerprint density at radius 2 is 2.10 bits per heavy atom. The van der Waals surface area contributed by atoms with Crippen LogP contribution in [-0.4, -0.2) is 47.1 Å². The topological polar surface area (TPSA) is 69.6 Å². The van der Waals surface area contributed by atoms with Crippen molar-refractivity contribution in [2.24, 2.45) is 0 Å². The fraction of sp³-hybridized carbons (Fsp3) is 0.500. The summed E-state index contributed by atoms with van der Waals surface area (Å²) in [6, 6.07) is 8.86. The molecule has 0 bridgehead atoms. The number of nitrogens with zero attached hydrogens (tertiary/aromatic N) is 1. The number of rotatable bonds is 6. The summed E-state index contributed by atoms with van der Waals surface area (Å²) >= 11 is 0. The Morgan fingerprint density at radius 1 is 1.38 bits per heavy atom. The average molecular weight is 290 g/mol. The molecule has 1 amide bonds. The second-order valence-electron chi connectivity index (χ2n) is 5.61. The van der Waals surface area contributed by atoms with E-state index in [1.165, 1.54) is 0 Å². The summed E-state index contributed by atoms with van der Waals surface area (Å²) in [4.78, 5) is 25.4. The molecule has 2 atom stereocenters. The molecule has 1 aromatic carbocycles. The minimum Gasteiger partial charge on any atom is -0.480 e. The maximum Gasteiger partial charge on any atom is 0.326 e. The lowest BCUT2D eigenvalue weighted by Crippen LogP contribution is -2.47. The van der Waals surface area contributed by atoms with Crippen molar-refractivity contribution in [2.45, 2.75) is 38.3 Å². The van der Waals surface area contributed by atoms with E-state index in [1.54, 1.807) is 0 Å². The zero-order valence-electron chi connectivity index (χ0n) is 12.3. The van der Waals surface area contributed by atoms with Crippen LogP contribution in [-0.2, 0) is 16.0 Å². The maximum absolute atomic E-state index is 12.0. The molecule has 1 saturated heterocycles. The van der Waals surface area contributed by atoms with Crippen LogP contribution in [0.2, 0.25) is 0 Å². The number of amides is 1. The van der Waals surface area contributed by atoms with Gasteiger partial charge in [0.1, 0.15) is 6.04 Å². The predicted molar refractivity (Wildman–Crippen MR) is 80.0 cm³/mol. The first kappa shape index (κ1) is 15.5. The molecule has 0 unspecified atom stereocenters.